The molecule has 1 atom stereocenters. The van der Waals surface area contributed by atoms with Gasteiger partial charge in [-0.3, -0.25) is 4.90 Å². The first-order valence-corrected chi connectivity index (χ1v) is 10.4. The Kier molecular flexibility index (Phi) is 7.07. The summed E-state index contributed by atoms with van der Waals surface area (Å²) >= 11 is 1.67. The second-order valence-corrected chi connectivity index (χ2v) is 7.87. The lowest BCUT2D eigenvalue weighted by molar-refractivity contribution is 0.0326. The molecule has 0 unspecified atom stereocenters. The zero-order chi connectivity index (χ0) is 17.5. The van der Waals surface area contributed by atoms with Gasteiger partial charge in [-0.1, -0.05) is 0 Å². The number of carbonyl (C=O) groups excluding carboxylic acids is 1. The number of hydrogen-bond acceptors (Lipinski definition) is 5. The molecule has 0 aliphatic carbocycles. The van der Waals surface area contributed by atoms with Gasteiger partial charge < -0.3 is 15.0 Å². The number of aryl methyl sites for hydroxylation is 1. The molecule has 0 aromatic carbocycles. The lowest BCUT2D eigenvalue weighted by atomic mass is 9.99. The lowest BCUT2D eigenvalue weighted by Crippen LogP contribution is -2.50. The summed E-state index contributed by atoms with van der Waals surface area (Å²) in [4.78, 5) is 22.7. The normalized spacial score (nSPS) is 22.1. The Labute approximate surface area is 154 Å². The summed E-state index contributed by atoms with van der Waals surface area (Å²) in [6, 6.07) is 0.482. The molecule has 1 aromatic rings. The minimum atomic E-state index is 0.105. The van der Waals surface area contributed by atoms with Gasteiger partial charge in [0.25, 0.3) is 0 Å². The van der Waals surface area contributed by atoms with Crippen molar-refractivity contribution in [2.45, 2.75) is 45.1 Å². The minimum absolute atomic E-state index is 0.105. The fraction of sp³-hybridized carbons (Fsp3) is 0.778. The largest absolute Gasteiger partial charge is 0.379 e. The third kappa shape index (κ3) is 5.39. The Morgan fingerprint density at radius 3 is 2.96 bits per heavy atom. The third-order valence-corrected chi connectivity index (χ3v) is 6.24. The molecule has 1 aromatic heterocycles. The number of rotatable bonds is 6. The zero-order valence-corrected chi connectivity index (χ0v) is 16.0. The maximum atomic E-state index is 12.6. The van der Waals surface area contributed by atoms with Gasteiger partial charge in [-0.05, 0) is 32.6 Å². The van der Waals surface area contributed by atoms with Gasteiger partial charge in [0.15, 0.2) is 0 Å². The number of amides is 2. The third-order valence-electron chi connectivity index (χ3n) is 5.24. The van der Waals surface area contributed by atoms with Crippen molar-refractivity contribution < 1.29 is 9.53 Å². The molecule has 0 radical (unpaired) electrons. The maximum Gasteiger partial charge on any atom is 0.317 e. The van der Waals surface area contributed by atoms with Crippen molar-refractivity contribution in [3.63, 3.8) is 0 Å². The monoisotopic (exact) mass is 366 g/mol. The molecule has 2 saturated heterocycles. The molecular formula is C18H30N4O2S. The summed E-state index contributed by atoms with van der Waals surface area (Å²) in [6.07, 6.45) is 5.43. The summed E-state index contributed by atoms with van der Waals surface area (Å²) in [7, 11) is 0. The van der Waals surface area contributed by atoms with E-state index in [-0.39, 0.29) is 6.03 Å². The quantitative estimate of drug-likeness (QED) is 0.839. The smallest absolute Gasteiger partial charge is 0.317 e. The molecule has 7 heteroatoms. The molecule has 2 fully saturated rings. The number of morpholine rings is 1. The van der Waals surface area contributed by atoms with E-state index in [4.69, 9.17) is 4.74 Å². The highest BCUT2D eigenvalue weighted by Gasteiger charge is 2.27. The van der Waals surface area contributed by atoms with Crippen LogP contribution < -0.4 is 5.32 Å². The van der Waals surface area contributed by atoms with E-state index in [1.165, 1.54) is 11.3 Å². The number of piperidine rings is 1. The van der Waals surface area contributed by atoms with Gasteiger partial charge in [0.05, 0.1) is 24.4 Å². The van der Waals surface area contributed by atoms with Crippen LogP contribution in [0.2, 0.25) is 0 Å². The molecule has 6 nitrogen and oxygen atoms in total. The van der Waals surface area contributed by atoms with Crippen LogP contribution in [-0.2, 0) is 11.2 Å². The van der Waals surface area contributed by atoms with E-state index in [0.29, 0.717) is 12.6 Å². The zero-order valence-electron chi connectivity index (χ0n) is 15.2. The SMILES string of the molecule is Cc1ncsc1CCNC(=O)N1CCCC[C@@H]1CCN1CCOCC1. The van der Waals surface area contributed by atoms with Crippen LogP contribution in [0.4, 0.5) is 4.79 Å². The van der Waals surface area contributed by atoms with E-state index in [9.17, 15) is 4.79 Å². The highest BCUT2D eigenvalue weighted by Crippen LogP contribution is 2.20. The molecule has 1 N–H and O–H groups in total. The Bertz CT molecular complexity index is 545. The number of ether oxygens (including phenoxy) is 1. The first kappa shape index (κ1) is 18.6. The fourth-order valence-corrected chi connectivity index (χ4v) is 4.46. The van der Waals surface area contributed by atoms with Crippen molar-refractivity contribution >= 4 is 17.4 Å². The number of thiazole rings is 1. The molecule has 2 aliphatic rings. The molecule has 0 bridgehead atoms. The second kappa shape index (κ2) is 9.50. The number of nitrogens with one attached hydrogen (secondary N) is 1. The average molecular weight is 367 g/mol. The molecular weight excluding hydrogens is 336 g/mol. The fourth-order valence-electron chi connectivity index (χ4n) is 3.68. The Balaban J connectivity index is 1.44. The van der Waals surface area contributed by atoms with Crippen LogP contribution in [-0.4, -0.2) is 72.8 Å². The molecule has 2 amide bonds. The van der Waals surface area contributed by atoms with Crippen molar-refractivity contribution in [1.82, 2.24) is 20.1 Å². The number of nitrogens with zero attached hydrogens (tertiary/aromatic N) is 3. The van der Waals surface area contributed by atoms with Crippen molar-refractivity contribution in [2.24, 2.45) is 0 Å². The first-order valence-electron chi connectivity index (χ1n) is 9.47. The molecule has 0 spiro atoms. The number of aromatic nitrogens is 1. The molecule has 3 heterocycles. The molecule has 25 heavy (non-hydrogen) atoms. The molecule has 140 valence electrons. The predicted molar refractivity (Wildman–Crippen MR) is 100 cm³/mol. The summed E-state index contributed by atoms with van der Waals surface area (Å²) in [6.45, 7) is 8.39. The van der Waals surface area contributed by atoms with E-state index in [1.54, 1.807) is 11.3 Å². The summed E-state index contributed by atoms with van der Waals surface area (Å²) in [5.41, 5.74) is 2.96. The van der Waals surface area contributed by atoms with Crippen LogP contribution in [0.5, 0.6) is 0 Å². The number of urea groups is 1. The van der Waals surface area contributed by atoms with Crippen molar-refractivity contribution in [3.8, 4) is 0 Å². The Hall–Kier alpha value is -1.18. The van der Waals surface area contributed by atoms with Crippen molar-refractivity contribution in [2.75, 3.05) is 45.9 Å². The maximum absolute atomic E-state index is 12.6. The summed E-state index contributed by atoms with van der Waals surface area (Å²) in [5, 5.41) is 3.12. The Morgan fingerprint density at radius 2 is 2.20 bits per heavy atom. The predicted octanol–water partition coefficient (Wildman–Crippen LogP) is 2.28. The highest BCUT2D eigenvalue weighted by molar-refractivity contribution is 7.09. The Morgan fingerprint density at radius 1 is 1.36 bits per heavy atom. The van der Waals surface area contributed by atoms with Gasteiger partial charge >= 0.3 is 6.03 Å². The molecule has 0 saturated carbocycles. The van der Waals surface area contributed by atoms with Gasteiger partial charge in [-0.2, -0.15) is 0 Å². The number of carbonyl (C=O) groups is 1. The van der Waals surface area contributed by atoms with Gasteiger partial charge in [0.2, 0.25) is 0 Å². The highest BCUT2D eigenvalue weighted by atomic mass is 32.1. The van der Waals surface area contributed by atoms with E-state index in [0.717, 1.165) is 70.8 Å². The number of likely N-dealkylation sites (tertiary alicyclic amines) is 1. The average Bonchev–Trinajstić information content (AvgIpc) is 3.06. The first-order chi connectivity index (χ1) is 12.2. The van der Waals surface area contributed by atoms with Gasteiger partial charge in [0, 0.05) is 50.1 Å². The van der Waals surface area contributed by atoms with Crippen LogP contribution in [0.25, 0.3) is 0 Å². The van der Waals surface area contributed by atoms with Crippen LogP contribution in [0.3, 0.4) is 0 Å². The van der Waals surface area contributed by atoms with E-state index >= 15 is 0 Å². The molecule has 3 rings (SSSR count). The van der Waals surface area contributed by atoms with E-state index < -0.39 is 0 Å². The van der Waals surface area contributed by atoms with Crippen LogP contribution in [0, 0.1) is 6.92 Å². The topological polar surface area (TPSA) is 57.7 Å². The van der Waals surface area contributed by atoms with Crippen molar-refractivity contribution in [1.29, 1.82) is 0 Å². The van der Waals surface area contributed by atoms with Crippen LogP contribution in [0.15, 0.2) is 5.51 Å². The van der Waals surface area contributed by atoms with Crippen molar-refractivity contribution in [3.05, 3.63) is 16.1 Å². The van der Waals surface area contributed by atoms with Gasteiger partial charge in [-0.15, -0.1) is 11.3 Å². The lowest BCUT2D eigenvalue weighted by Gasteiger charge is -2.37. The van der Waals surface area contributed by atoms with Gasteiger partial charge in [0.1, 0.15) is 0 Å². The van der Waals surface area contributed by atoms with Crippen LogP contribution >= 0.6 is 11.3 Å². The number of hydrogen-bond donors (Lipinski definition) is 1. The van der Waals surface area contributed by atoms with Gasteiger partial charge in [-0.25, -0.2) is 9.78 Å². The second-order valence-electron chi connectivity index (χ2n) is 6.93. The standard InChI is InChI=1S/C18H30N4O2S/c1-15-17(25-14-20-15)5-7-19-18(23)22-8-3-2-4-16(22)6-9-21-10-12-24-13-11-21/h14,16H,2-13H2,1H3,(H,19,23)/t16-/m1/s1. The summed E-state index contributed by atoms with van der Waals surface area (Å²) in [5.74, 6) is 0. The van der Waals surface area contributed by atoms with Crippen LogP contribution in [0.1, 0.15) is 36.3 Å². The summed E-state index contributed by atoms with van der Waals surface area (Å²) < 4.78 is 5.41. The minimum Gasteiger partial charge on any atom is -0.379 e. The molecule has 2 aliphatic heterocycles. The van der Waals surface area contributed by atoms with E-state index in [2.05, 4.69) is 20.1 Å². The van der Waals surface area contributed by atoms with E-state index in [1.807, 2.05) is 12.4 Å².